The quantitative estimate of drug-likeness (QED) is 0.188. The predicted molar refractivity (Wildman–Crippen MR) is 235 cm³/mol. The average Bonchev–Trinajstić information content (AvgIpc) is 3.81. The Balaban J connectivity index is 1.07. The van der Waals surface area contributed by atoms with Crippen molar-refractivity contribution in [2.24, 2.45) is 44.6 Å². The summed E-state index contributed by atoms with van der Waals surface area (Å²) in [6.07, 6.45) is 18.4. The minimum atomic E-state index is -0.277. The van der Waals surface area contributed by atoms with Gasteiger partial charge in [0.1, 0.15) is 29.1 Å². The lowest BCUT2D eigenvalue weighted by atomic mass is 9.45. The van der Waals surface area contributed by atoms with Gasteiger partial charge < -0.3 is 23.7 Å². The van der Waals surface area contributed by atoms with Crippen molar-refractivity contribution >= 4 is 41.3 Å². The van der Waals surface area contributed by atoms with E-state index in [-0.39, 0.29) is 34.5 Å². The number of hydrazone groups is 1. The molecule has 2 aromatic carbocycles. The van der Waals surface area contributed by atoms with Crippen molar-refractivity contribution in [3.8, 4) is 23.0 Å². The number of aromatic amines is 1. The number of carbonyl (C=O) groups excluding carboxylic acids is 1. The number of esters is 1. The molecule has 0 saturated heterocycles. The van der Waals surface area contributed by atoms with Crippen LogP contribution < -0.4 is 29.5 Å². The van der Waals surface area contributed by atoms with Crippen LogP contribution in [0.5, 0.6) is 23.0 Å². The van der Waals surface area contributed by atoms with Crippen LogP contribution in [0.4, 0.5) is 11.8 Å². The Morgan fingerprint density at radius 2 is 1.48 bits per heavy atom. The maximum absolute atomic E-state index is 13.4. The first-order chi connectivity index (χ1) is 28.9. The summed E-state index contributed by atoms with van der Waals surface area (Å²) >= 11 is 0. The Morgan fingerprint density at radius 3 is 2.13 bits per heavy atom. The van der Waals surface area contributed by atoms with Crippen molar-refractivity contribution in [3.05, 3.63) is 76.1 Å². The van der Waals surface area contributed by atoms with Gasteiger partial charge in [0, 0.05) is 42.7 Å². The minimum Gasteiger partial charge on any atom is -0.497 e. The number of H-pyrrole nitrogens is 1. The number of benzene rings is 2. The molecular weight excluding hydrogens is 759 g/mol. The molecule has 2 heterocycles. The van der Waals surface area contributed by atoms with Crippen molar-refractivity contribution in [2.45, 2.75) is 97.1 Å². The van der Waals surface area contributed by atoms with Crippen molar-refractivity contribution < 1.29 is 28.5 Å². The fraction of sp³-hybridized carbons (Fsp3) is 0.521. The summed E-state index contributed by atoms with van der Waals surface area (Å²) in [6.45, 7) is 6.47. The first kappa shape index (κ1) is 41.3. The normalized spacial score (nSPS) is 30.5. The summed E-state index contributed by atoms with van der Waals surface area (Å²) in [6, 6.07) is 12.7. The second-order valence-corrected chi connectivity index (χ2v) is 17.8. The topological polar surface area (TPSA) is 137 Å². The van der Waals surface area contributed by atoms with Crippen molar-refractivity contribution in [1.29, 1.82) is 0 Å². The number of methoxy groups -OCH3 is 4. The fourth-order valence-electron chi connectivity index (χ4n) is 11.5. The van der Waals surface area contributed by atoms with Gasteiger partial charge in [-0.1, -0.05) is 32.1 Å². The van der Waals surface area contributed by atoms with Crippen LogP contribution in [0.25, 0.3) is 12.2 Å². The van der Waals surface area contributed by atoms with Gasteiger partial charge in [-0.05, 0) is 128 Å². The van der Waals surface area contributed by atoms with Gasteiger partial charge in [-0.3, -0.25) is 14.6 Å². The Kier molecular flexibility index (Phi) is 11.7. The SMILES string of the molecule is COc1cc(/C=C/C2=NN(c3nc(N=C4CC[C@H]5[C@@H]6CC[C@H]7C[C@@H](OC(C)=O)CC[C@]7(C)[C@H]6CC[C@]45C)cc(=O)[nH]3)C(/C=C/c3cc(OC)cc(OC)c3)C2)cc(OC)c1. The highest BCUT2D eigenvalue weighted by Gasteiger charge is 2.59. The summed E-state index contributed by atoms with van der Waals surface area (Å²) < 4.78 is 27.7. The highest BCUT2D eigenvalue weighted by atomic mass is 16.5. The van der Waals surface area contributed by atoms with E-state index >= 15 is 0 Å². The van der Waals surface area contributed by atoms with Crippen LogP contribution in [-0.2, 0) is 9.53 Å². The number of ether oxygens (including phenoxy) is 5. The van der Waals surface area contributed by atoms with Crippen LogP contribution in [-0.4, -0.2) is 67.9 Å². The van der Waals surface area contributed by atoms with Crippen LogP contribution in [0, 0.1) is 34.5 Å². The highest BCUT2D eigenvalue weighted by Crippen LogP contribution is 2.66. The van der Waals surface area contributed by atoms with E-state index < -0.39 is 0 Å². The molecule has 8 atom stereocenters. The molecule has 1 unspecified atom stereocenters. The van der Waals surface area contributed by atoms with Gasteiger partial charge in [-0.15, -0.1) is 0 Å². The molecule has 4 aliphatic carbocycles. The van der Waals surface area contributed by atoms with Crippen LogP contribution in [0.2, 0.25) is 0 Å². The third-order valence-corrected chi connectivity index (χ3v) is 14.6. The summed E-state index contributed by atoms with van der Waals surface area (Å²) in [5, 5.41) is 6.79. The number of carbonyl (C=O) groups is 1. The molecule has 0 bridgehead atoms. The maximum atomic E-state index is 13.4. The Labute approximate surface area is 353 Å². The largest absolute Gasteiger partial charge is 0.497 e. The Bertz CT molecular complexity index is 2240. The van der Waals surface area contributed by atoms with E-state index in [4.69, 9.17) is 38.8 Å². The van der Waals surface area contributed by atoms with Gasteiger partial charge in [0.2, 0.25) is 5.95 Å². The molecule has 4 saturated carbocycles. The fourth-order valence-corrected chi connectivity index (χ4v) is 11.5. The summed E-state index contributed by atoms with van der Waals surface area (Å²) in [7, 11) is 6.52. The molecule has 0 spiro atoms. The van der Waals surface area contributed by atoms with Crippen LogP contribution in [0.1, 0.15) is 96.1 Å². The van der Waals surface area contributed by atoms with Crippen LogP contribution >= 0.6 is 0 Å². The molecule has 0 radical (unpaired) electrons. The number of hydrogen-bond acceptors (Lipinski definition) is 11. The van der Waals surface area contributed by atoms with E-state index in [1.54, 1.807) is 33.4 Å². The zero-order valence-corrected chi connectivity index (χ0v) is 36.0. The molecule has 1 aliphatic heterocycles. The third kappa shape index (κ3) is 8.21. The number of rotatable bonds is 11. The van der Waals surface area contributed by atoms with E-state index in [0.717, 1.165) is 61.1 Å². The number of allylic oxidation sites excluding steroid dienone is 1. The number of anilines is 1. The predicted octanol–water partition coefficient (Wildman–Crippen LogP) is 9.21. The van der Waals surface area contributed by atoms with Crippen LogP contribution in [0.15, 0.2) is 69.5 Å². The third-order valence-electron chi connectivity index (χ3n) is 14.6. The lowest BCUT2D eigenvalue weighted by Gasteiger charge is -2.60. The molecule has 1 aromatic heterocycles. The first-order valence-corrected chi connectivity index (χ1v) is 21.5. The first-order valence-electron chi connectivity index (χ1n) is 21.5. The van der Waals surface area contributed by atoms with E-state index in [1.165, 1.54) is 32.3 Å². The minimum absolute atomic E-state index is 0.0423. The molecule has 12 heteroatoms. The van der Waals surface area contributed by atoms with Crippen molar-refractivity contribution in [1.82, 2.24) is 9.97 Å². The maximum Gasteiger partial charge on any atom is 0.302 e. The standard InChI is InChI=1S/C48H59N5O7/c1-29(54)60-35-16-18-47(2)32(24-35)10-13-40-41-14-15-43(48(41,3)19-17-42(40)47)49-44-28-45(55)51-46(50-44)53-34(12-9-31-22-38(58-6)27-39(23-31)59-7)25-33(52-53)11-8-30-20-36(56-4)26-37(21-30)57-5/h8-9,11-12,20-23,26-28,32,34-35,40-42H,10,13-19,24-25H2,1-7H3,(H,50,51,55)/b11-8+,12-9+,49-43?/t32-,34?,35-,40-,41-,42-,47-,48-/m0/s1. The molecule has 5 aliphatic rings. The lowest BCUT2D eigenvalue weighted by molar-refractivity contribution is -0.158. The van der Waals surface area contributed by atoms with Crippen molar-refractivity contribution in [2.75, 3.05) is 33.4 Å². The average molecular weight is 818 g/mol. The monoisotopic (exact) mass is 817 g/mol. The zero-order chi connectivity index (χ0) is 42.2. The summed E-state index contributed by atoms with van der Waals surface area (Å²) in [5.74, 6) is 5.80. The molecule has 0 amide bonds. The van der Waals surface area contributed by atoms with Gasteiger partial charge in [-0.2, -0.15) is 10.1 Å². The molecule has 4 fully saturated rings. The van der Waals surface area contributed by atoms with Crippen LogP contribution in [0.3, 0.4) is 0 Å². The van der Waals surface area contributed by atoms with E-state index in [1.807, 2.05) is 54.6 Å². The van der Waals surface area contributed by atoms with E-state index in [2.05, 4.69) is 24.9 Å². The highest BCUT2D eigenvalue weighted by molar-refractivity contribution is 6.01. The lowest BCUT2D eigenvalue weighted by Crippen LogP contribution is -2.54. The molecular formula is C48H59N5O7. The number of hydrogen-bond donors (Lipinski definition) is 1. The van der Waals surface area contributed by atoms with E-state index in [0.29, 0.717) is 64.9 Å². The molecule has 8 rings (SSSR count). The second kappa shape index (κ2) is 16.9. The molecule has 60 heavy (non-hydrogen) atoms. The van der Waals surface area contributed by atoms with Gasteiger partial charge in [0.05, 0.1) is 40.2 Å². The Morgan fingerprint density at radius 1 is 0.817 bits per heavy atom. The van der Waals surface area contributed by atoms with E-state index in [9.17, 15) is 9.59 Å². The Hall–Kier alpha value is -5.39. The van der Waals surface area contributed by atoms with Gasteiger partial charge in [0.25, 0.3) is 5.56 Å². The number of nitrogens with one attached hydrogen (secondary N) is 1. The molecule has 1 N–H and O–H groups in total. The van der Waals surface area contributed by atoms with Crippen molar-refractivity contribution in [3.63, 3.8) is 0 Å². The molecule has 12 nitrogen and oxygen atoms in total. The molecule has 3 aromatic rings. The van der Waals surface area contributed by atoms with Gasteiger partial charge in [0.15, 0.2) is 5.82 Å². The number of aromatic nitrogens is 2. The number of nitrogens with zero attached hydrogens (tertiary/aromatic N) is 4. The summed E-state index contributed by atoms with van der Waals surface area (Å²) in [4.78, 5) is 38.4. The molecule has 318 valence electrons. The number of aliphatic imine (C=N–C) groups is 1. The smallest absolute Gasteiger partial charge is 0.302 e. The van der Waals surface area contributed by atoms with Gasteiger partial charge in [-0.25, -0.2) is 10.0 Å². The van der Waals surface area contributed by atoms with Gasteiger partial charge >= 0.3 is 5.97 Å². The zero-order valence-electron chi connectivity index (χ0n) is 36.0. The number of fused-ring (bicyclic) bond motifs is 5. The second-order valence-electron chi connectivity index (χ2n) is 17.8. The summed E-state index contributed by atoms with van der Waals surface area (Å²) in [5.41, 5.74) is 3.72.